The molecule has 0 aliphatic rings. The number of nitrogens with one attached hydrogen (secondary N) is 1. The number of rotatable bonds is 7. The molecule has 6 heteroatoms. The van der Waals surface area contributed by atoms with Gasteiger partial charge < -0.3 is 10.1 Å². The number of nitrogens with zero attached hydrogens (tertiary/aromatic N) is 1. The molecule has 0 aliphatic heterocycles. The zero-order valence-electron chi connectivity index (χ0n) is 11.4. The number of halogens is 1. The largest absolute Gasteiger partial charge is 0.465 e. The summed E-state index contributed by atoms with van der Waals surface area (Å²) in [5, 5.41) is 4.08. The van der Waals surface area contributed by atoms with Gasteiger partial charge in [0, 0.05) is 16.4 Å². The molecule has 0 bridgehead atoms. The first-order chi connectivity index (χ1) is 9.01. The van der Waals surface area contributed by atoms with Crippen molar-refractivity contribution < 1.29 is 9.53 Å². The summed E-state index contributed by atoms with van der Waals surface area (Å²) < 4.78 is 6.07. The van der Waals surface area contributed by atoms with E-state index >= 15 is 0 Å². The number of ether oxygens (including phenoxy) is 1. The van der Waals surface area contributed by atoms with Gasteiger partial charge in [-0.25, -0.2) is 4.98 Å². The normalized spacial score (nSPS) is 13.9. The van der Waals surface area contributed by atoms with Gasteiger partial charge in [0.05, 0.1) is 11.6 Å². The van der Waals surface area contributed by atoms with Crippen LogP contribution in [0.15, 0.2) is 27.8 Å². The Bertz CT molecular complexity index is 414. The molecule has 1 unspecified atom stereocenters. The van der Waals surface area contributed by atoms with E-state index in [4.69, 9.17) is 4.74 Å². The number of carbonyl (C=O) groups is 1. The average molecular weight is 347 g/mol. The molecule has 0 amide bonds. The fourth-order valence-corrected chi connectivity index (χ4v) is 2.71. The molecular formula is C13H19BrN2O2S. The molecule has 0 aromatic carbocycles. The lowest BCUT2D eigenvalue weighted by Gasteiger charge is -2.27. The third-order valence-electron chi connectivity index (χ3n) is 2.50. The molecule has 1 atom stereocenters. The van der Waals surface area contributed by atoms with Crippen molar-refractivity contribution in [1.29, 1.82) is 0 Å². The van der Waals surface area contributed by atoms with Crippen LogP contribution in [0.3, 0.4) is 0 Å². The van der Waals surface area contributed by atoms with Gasteiger partial charge in [-0.05, 0) is 48.5 Å². The standard InChI is InChI=1S/C13H19BrN2O2S/c1-4-16-13(3,12(17)18-5-2)9-19-11-7-6-10(14)8-15-11/h6-8,16H,4-5,9H2,1-3H3. The van der Waals surface area contributed by atoms with Crippen LogP contribution in [0.2, 0.25) is 0 Å². The lowest BCUT2D eigenvalue weighted by molar-refractivity contribution is -0.149. The predicted octanol–water partition coefficient (Wildman–Crippen LogP) is 2.87. The Morgan fingerprint density at radius 2 is 2.26 bits per heavy atom. The second-order valence-corrected chi connectivity index (χ2v) is 6.10. The molecule has 0 saturated heterocycles. The Labute approximate surface area is 126 Å². The minimum atomic E-state index is -0.690. The smallest absolute Gasteiger partial charge is 0.326 e. The second kappa shape index (κ2) is 7.87. The maximum atomic E-state index is 12.0. The lowest BCUT2D eigenvalue weighted by atomic mass is 10.1. The Morgan fingerprint density at radius 3 is 2.79 bits per heavy atom. The van der Waals surface area contributed by atoms with Crippen molar-refractivity contribution in [2.45, 2.75) is 31.3 Å². The zero-order chi connectivity index (χ0) is 14.3. The Morgan fingerprint density at radius 1 is 1.53 bits per heavy atom. The highest BCUT2D eigenvalue weighted by Gasteiger charge is 2.34. The average Bonchev–Trinajstić information content (AvgIpc) is 2.39. The minimum absolute atomic E-state index is 0.221. The molecule has 0 fully saturated rings. The summed E-state index contributed by atoms with van der Waals surface area (Å²) >= 11 is 4.88. The molecule has 0 spiro atoms. The number of esters is 1. The van der Waals surface area contributed by atoms with Crippen molar-refractivity contribution in [3.05, 3.63) is 22.8 Å². The highest BCUT2D eigenvalue weighted by atomic mass is 79.9. The topological polar surface area (TPSA) is 51.2 Å². The van der Waals surface area contributed by atoms with E-state index in [9.17, 15) is 4.79 Å². The molecule has 1 aromatic heterocycles. The van der Waals surface area contributed by atoms with Crippen LogP contribution in [-0.2, 0) is 9.53 Å². The third-order valence-corrected chi connectivity index (χ3v) is 4.23. The fraction of sp³-hybridized carbons (Fsp3) is 0.538. The quantitative estimate of drug-likeness (QED) is 0.607. The summed E-state index contributed by atoms with van der Waals surface area (Å²) in [5.74, 6) is 0.357. The van der Waals surface area contributed by atoms with Crippen molar-refractivity contribution in [3.63, 3.8) is 0 Å². The van der Waals surface area contributed by atoms with E-state index < -0.39 is 5.54 Å². The number of carbonyl (C=O) groups excluding carboxylic acids is 1. The van der Waals surface area contributed by atoms with Gasteiger partial charge in [-0.15, -0.1) is 11.8 Å². The number of aromatic nitrogens is 1. The SMILES string of the molecule is CCNC(C)(CSc1ccc(Br)cn1)C(=O)OCC. The molecule has 0 saturated carbocycles. The molecule has 1 heterocycles. The highest BCUT2D eigenvalue weighted by Crippen LogP contribution is 2.23. The summed E-state index contributed by atoms with van der Waals surface area (Å²) in [4.78, 5) is 16.3. The Hall–Kier alpha value is -0.590. The van der Waals surface area contributed by atoms with E-state index in [1.807, 2.05) is 32.9 Å². The lowest BCUT2D eigenvalue weighted by Crippen LogP contribution is -2.52. The Kier molecular flexibility index (Phi) is 6.82. The Balaban J connectivity index is 2.67. The van der Waals surface area contributed by atoms with Crippen molar-refractivity contribution in [1.82, 2.24) is 10.3 Å². The second-order valence-electron chi connectivity index (χ2n) is 4.19. The molecule has 0 radical (unpaired) electrons. The van der Waals surface area contributed by atoms with Gasteiger partial charge in [-0.3, -0.25) is 4.79 Å². The van der Waals surface area contributed by atoms with Gasteiger partial charge in [-0.2, -0.15) is 0 Å². The first-order valence-electron chi connectivity index (χ1n) is 6.18. The van der Waals surface area contributed by atoms with Gasteiger partial charge >= 0.3 is 5.97 Å². The first-order valence-corrected chi connectivity index (χ1v) is 7.96. The third kappa shape index (κ3) is 5.12. The van der Waals surface area contributed by atoms with Crippen LogP contribution in [0.1, 0.15) is 20.8 Å². The number of pyridine rings is 1. The van der Waals surface area contributed by atoms with Crippen molar-refractivity contribution in [2.75, 3.05) is 18.9 Å². The van der Waals surface area contributed by atoms with Gasteiger partial charge in [0.25, 0.3) is 0 Å². The maximum Gasteiger partial charge on any atom is 0.326 e. The van der Waals surface area contributed by atoms with Gasteiger partial charge in [0.15, 0.2) is 0 Å². The molecule has 1 rings (SSSR count). The van der Waals surface area contributed by atoms with Crippen molar-refractivity contribution in [2.24, 2.45) is 0 Å². The van der Waals surface area contributed by atoms with Gasteiger partial charge in [0.1, 0.15) is 5.54 Å². The molecular weight excluding hydrogens is 328 g/mol. The highest BCUT2D eigenvalue weighted by molar-refractivity contribution is 9.10. The summed E-state index contributed by atoms with van der Waals surface area (Å²) in [6, 6.07) is 3.86. The zero-order valence-corrected chi connectivity index (χ0v) is 13.8. The molecule has 0 aliphatic carbocycles. The van der Waals surface area contributed by atoms with Crippen LogP contribution in [0.25, 0.3) is 0 Å². The van der Waals surface area contributed by atoms with Crippen LogP contribution < -0.4 is 5.32 Å². The van der Waals surface area contributed by atoms with E-state index in [1.165, 1.54) is 11.8 Å². The molecule has 1 aromatic rings. The van der Waals surface area contributed by atoms with E-state index in [0.717, 1.165) is 9.50 Å². The van der Waals surface area contributed by atoms with E-state index in [2.05, 4.69) is 26.2 Å². The molecule has 106 valence electrons. The van der Waals surface area contributed by atoms with Gasteiger partial charge in [0.2, 0.25) is 0 Å². The van der Waals surface area contributed by atoms with Gasteiger partial charge in [-0.1, -0.05) is 6.92 Å². The first kappa shape index (κ1) is 16.5. The van der Waals surface area contributed by atoms with Crippen LogP contribution in [0.5, 0.6) is 0 Å². The van der Waals surface area contributed by atoms with Crippen molar-refractivity contribution >= 4 is 33.7 Å². The van der Waals surface area contributed by atoms with Crippen molar-refractivity contribution in [3.8, 4) is 0 Å². The van der Waals surface area contributed by atoms with E-state index in [0.29, 0.717) is 18.9 Å². The number of hydrogen-bond acceptors (Lipinski definition) is 5. The van der Waals surface area contributed by atoms with Crippen LogP contribution >= 0.6 is 27.7 Å². The minimum Gasteiger partial charge on any atom is -0.465 e. The van der Waals surface area contributed by atoms with Crippen LogP contribution in [-0.4, -0.2) is 35.4 Å². The monoisotopic (exact) mass is 346 g/mol. The number of hydrogen-bond donors (Lipinski definition) is 1. The summed E-state index contributed by atoms with van der Waals surface area (Å²) in [7, 11) is 0. The van der Waals surface area contributed by atoms with E-state index in [-0.39, 0.29) is 5.97 Å². The van der Waals surface area contributed by atoms with Crippen LogP contribution in [0.4, 0.5) is 0 Å². The molecule has 4 nitrogen and oxygen atoms in total. The summed E-state index contributed by atoms with van der Waals surface area (Å²) in [5.41, 5.74) is -0.690. The summed E-state index contributed by atoms with van der Waals surface area (Å²) in [6.07, 6.45) is 1.75. The maximum absolute atomic E-state index is 12.0. The number of thioether (sulfide) groups is 1. The predicted molar refractivity (Wildman–Crippen MR) is 81.4 cm³/mol. The summed E-state index contributed by atoms with van der Waals surface area (Å²) in [6.45, 7) is 6.75. The van der Waals surface area contributed by atoms with E-state index in [1.54, 1.807) is 6.20 Å². The van der Waals surface area contributed by atoms with Crippen LogP contribution in [0, 0.1) is 0 Å². The number of likely N-dealkylation sites (N-methyl/N-ethyl adjacent to an activating group) is 1. The molecule has 1 N–H and O–H groups in total. The molecule has 19 heavy (non-hydrogen) atoms. The fourth-order valence-electron chi connectivity index (χ4n) is 1.53.